The number of anilines is 1. The van der Waals surface area contributed by atoms with Crippen LogP contribution in [0.5, 0.6) is 0 Å². The Labute approximate surface area is 149 Å². The number of aromatic nitrogens is 2. The molecule has 0 spiro atoms. The lowest BCUT2D eigenvalue weighted by Gasteiger charge is -2.37. The first-order valence-corrected chi connectivity index (χ1v) is 9.08. The molecule has 1 saturated heterocycles. The summed E-state index contributed by atoms with van der Waals surface area (Å²) < 4.78 is 5.86. The van der Waals surface area contributed by atoms with Crippen molar-refractivity contribution < 1.29 is 14.6 Å². The summed E-state index contributed by atoms with van der Waals surface area (Å²) in [6.45, 7) is 1.48. The summed E-state index contributed by atoms with van der Waals surface area (Å²) in [5.74, 6) is 0.765. The third-order valence-electron chi connectivity index (χ3n) is 5.12. The van der Waals surface area contributed by atoms with E-state index in [9.17, 15) is 9.90 Å². The molecular formula is C18H28N4O3. The van der Waals surface area contributed by atoms with Gasteiger partial charge in [-0.25, -0.2) is 4.98 Å². The Morgan fingerprint density at radius 3 is 2.76 bits per heavy atom. The highest BCUT2D eigenvalue weighted by atomic mass is 16.5. The van der Waals surface area contributed by atoms with Gasteiger partial charge in [-0.1, -0.05) is 19.3 Å². The third-order valence-corrected chi connectivity index (χ3v) is 5.12. The predicted octanol–water partition coefficient (Wildman–Crippen LogP) is 1.53. The minimum Gasteiger partial charge on any atom is -0.389 e. The van der Waals surface area contributed by atoms with Gasteiger partial charge in [0.1, 0.15) is 11.8 Å². The molecule has 1 amide bonds. The number of aliphatic hydroxyl groups is 1. The summed E-state index contributed by atoms with van der Waals surface area (Å²) in [7, 11) is 3.83. The molecule has 138 valence electrons. The van der Waals surface area contributed by atoms with E-state index < -0.39 is 5.60 Å². The summed E-state index contributed by atoms with van der Waals surface area (Å²) in [5.41, 5.74) is -0.0776. The molecule has 2 fully saturated rings. The van der Waals surface area contributed by atoms with Crippen molar-refractivity contribution in [2.45, 2.75) is 50.2 Å². The Bertz CT molecular complexity index is 602. The van der Waals surface area contributed by atoms with E-state index in [1.54, 1.807) is 17.3 Å². The van der Waals surface area contributed by atoms with Gasteiger partial charge in [-0.3, -0.25) is 9.78 Å². The SMILES string of the molecule is CN(C)c1nccnc1[C@@H]1CN(C(=O)CC2(O)CCCCC2)CCO1. The van der Waals surface area contributed by atoms with Crippen LogP contribution < -0.4 is 4.90 Å². The van der Waals surface area contributed by atoms with E-state index in [-0.39, 0.29) is 18.4 Å². The van der Waals surface area contributed by atoms with Crippen molar-refractivity contribution in [3.8, 4) is 0 Å². The van der Waals surface area contributed by atoms with E-state index in [0.29, 0.717) is 19.7 Å². The molecule has 1 aliphatic heterocycles. The maximum atomic E-state index is 12.7. The molecule has 3 rings (SSSR count). The van der Waals surface area contributed by atoms with Gasteiger partial charge in [0.05, 0.1) is 25.2 Å². The maximum Gasteiger partial charge on any atom is 0.225 e. The normalized spacial score (nSPS) is 23.3. The number of morpholine rings is 1. The molecule has 0 unspecified atom stereocenters. The largest absolute Gasteiger partial charge is 0.389 e. The number of rotatable bonds is 4. The molecule has 0 aromatic carbocycles. The number of hydrogen-bond acceptors (Lipinski definition) is 6. The molecule has 1 atom stereocenters. The fourth-order valence-electron chi connectivity index (χ4n) is 3.73. The van der Waals surface area contributed by atoms with E-state index in [1.807, 2.05) is 19.0 Å². The first kappa shape index (κ1) is 18.1. The Morgan fingerprint density at radius 1 is 1.32 bits per heavy atom. The van der Waals surface area contributed by atoms with Crippen LogP contribution in [-0.2, 0) is 9.53 Å². The first-order chi connectivity index (χ1) is 12.0. The number of nitrogens with zero attached hydrogens (tertiary/aromatic N) is 4. The van der Waals surface area contributed by atoms with Crippen LogP contribution in [0.25, 0.3) is 0 Å². The van der Waals surface area contributed by atoms with Crippen molar-refractivity contribution in [1.82, 2.24) is 14.9 Å². The summed E-state index contributed by atoms with van der Waals surface area (Å²) in [4.78, 5) is 25.2. The van der Waals surface area contributed by atoms with Gasteiger partial charge in [0, 0.05) is 33.0 Å². The molecule has 7 heteroatoms. The van der Waals surface area contributed by atoms with Crippen molar-refractivity contribution in [3.63, 3.8) is 0 Å². The lowest BCUT2D eigenvalue weighted by atomic mass is 9.82. The molecule has 2 aliphatic rings. The van der Waals surface area contributed by atoms with Gasteiger partial charge in [0.25, 0.3) is 0 Å². The number of amides is 1. The Hall–Kier alpha value is -1.73. The van der Waals surface area contributed by atoms with E-state index in [2.05, 4.69) is 9.97 Å². The fourth-order valence-corrected chi connectivity index (χ4v) is 3.73. The van der Waals surface area contributed by atoms with Crippen LogP contribution in [0, 0.1) is 0 Å². The van der Waals surface area contributed by atoms with Crippen LogP contribution in [0.1, 0.15) is 50.3 Å². The van der Waals surface area contributed by atoms with Gasteiger partial charge in [-0.05, 0) is 12.8 Å². The smallest absolute Gasteiger partial charge is 0.225 e. The number of hydrogen-bond donors (Lipinski definition) is 1. The lowest BCUT2D eigenvalue weighted by Crippen LogP contribution is -2.46. The zero-order valence-corrected chi connectivity index (χ0v) is 15.1. The average molecular weight is 348 g/mol. The summed E-state index contributed by atoms with van der Waals surface area (Å²) in [6, 6.07) is 0. The van der Waals surface area contributed by atoms with Gasteiger partial charge in [-0.15, -0.1) is 0 Å². The second-order valence-electron chi connectivity index (χ2n) is 7.32. The molecular weight excluding hydrogens is 320 g/mol. The fraction of sp³-hybridized carbons (Fsp3) is 0.722. The first-order valence-electron chi connectivity index (χ1n) is 9.08. The van der Waals surface area contributed by atoms with E-state index >= 15 is 0 Å². The van der Waals surface area contributed by atoms with Crippen LogP contribution in [0.2, 0.25) is 0 Å². The lowest BCUT2D eigenvalue weighted by molar-refractivity contribution is -0.145. The summed E-state index contributed by atoms with van der Waals surface area (Å²) in [6.07, 6.45) is 7.83. The second-order valence-corrected chi connectivity index (χ2v) is 7.32. The number of carbonyl (C=O) groups is 1. The maximum absolute atomic E-state index is 12.7. The highest BCUT2D eigenvalue weighted by Crippen LogP contribution is 2.32. The minimum absolute atomic E-state index is 0.00740. The average Bonchev–Trinajstić information content (AvgIpc) is 2.62. The van der Waals surface area contributed by atoms with E-state index in [4.69, 9.17) is 4.74 Å². The number of carbonyl (C=O) groups excluding carboxylic acids is 1. The Morgan fingerprint density at radius 2 is 2.04 bits per heavy atom. The zero-order chi connectivity index (χ0) is 17.9. The van der Waals surface area contributed by atoms with Gasteiger partial charge in [0.15, 0.2) is 5.82 Å². The van der Waals surface area contributed by atoms with Crippen molar-refractivity contribution in [3.05, 3.63) is 18.1 Å². The molecule has 7 nitrogen and oxygen atoms in total. The molecule has 1 aromatic heterocycles. The molecule has 2 heterocycles. The Balaban J connectivity index is 1.68. The molecule has 0 bridgehead atoms. The molecule has 1 N–H and O–H groups in total. The van der Waals surface area contributed by atoms with Crippen molar-refractivity contribution in [2.75, 3.05) is 38.7 Å². The van der Waals surface area contributed by atoms with Crippen LogP contribution in [0.3, 0.4) is 0 Å². The second kappa shape index (κ2) is 7.66. The molecule has 0 radical (unpaired) electrons. The van der Waals surface area contributed by atoms with Gasteiger partial charge >= 0.3 is 0 Å². The monoisotopic (exact) mass is 348 g/mol. The quantitative estimate of drug-likeness (QED) is 0.889. The highest BCUT2D eigenvalue weighted by Gasteiger charge is 2.35. The molecule has 1 saturated carbocycles. The van der Waals surface area contributed by atoms with E-state index in [1.165, 1.54) is 0 Å². The van der Waals surface area contributed by atoms with Gasteiger partial charge < -0.3 is 19.6 Å². The number of ether oxygens (including phenoxy) is 1. The zero-order valence-electron chi connectivity index (χ0n) is 15.1. The molecule has 25 heavy (non-hydrogen) atoms. The molecule has 1 aliphatic carbocycles. The summed E-state index contributed by atoms with van der Waals surface area (Å²) >= 11 is 0. The standard InChI is InChI=1S/C18H28N4O3/c1-21(2)17-16(19-8-9-20-17)14-13-22(10-11-25-14)15(23)12-18(24)6-4-3-5-7-18/h8-9,14,24H,3-7,10-13H2,1-2H3/t14-/m0/s1. The van der Waals surface area contributed by atoms with Crippen LogP contribution in [0.4, 0.5) is 5.82 Å². The van der Waals surface area contributed by atoms with Gasteiger partial charge in [-0.2, -0.15) is 0 Å². The van der Waals surface area contributed by atoms with Crippen LogP contribution >= 0.6 is 0 Å². The highest BCUT2D eigenvalue weighted by molar-refractivity contribution is 5.77. The molecule has 1 aromatic rings. The van der Waals surface area contributed by atoms with Crippen LogP contribution in [-0.4, -0.2) is 65.3 Å². The van der Waals surface area contributed by atoms with Crippen molar-refractivity contribution in [2.24, 2.45) is 0 Å². The van der Waals surface area contributed by atoms with Crippen molar-refractivity contribution in [1.29, 1.82) is 0 Å². The minimum atomic E-state index is -0.829. The third kappa shape index (κ3) is 4.27. The van der Waals surface area contributed by atoms with E-state index in [0.717, 1.165) is 43.6 Å². The predicted molar refractivity (Wildman–Crippen MR) is 94.3 cm³/mol. The summed E-state index contributed by atoms with van der Waals surface area (Å²) in [5, 5.41) is 10.7. The van der Waals surface area contributed by atoms with Crippen molar-refractivity contribution >= 4 is 11.7 Å². The van der Waals surface area contributed by atoms with Gasteiger partial charge in [0.2, 0.25) is 5.91 Å². The van der Waals surface area contributed by atoms with Crippen LogP contribution in [0.15, 0.2) is 12.4 Å². The topological polar surface area (TPSA) is 78.8 Å². The Kier molecular flexibility index (Phi) is 5.54.